The van der Waals surface area contributed by atoms with Crippen LogP contribution in [0, 0.1) is 41.7 Å². The van der Waals surface area contributed by atoms with Crippen LogP contribution in [0.25, 0.3) is 110 Å². The molecule has 0 aliphatic heterocycles. The van der Waals surface area contributed by atoms with E-state index in [0.29, 0.717) is 0 Å². The van der Waals surface area contributed by atoms with Crippen molar-refractivity contribution in [1.29, 1.82) is 0 Å². The van der Waals surface area contributed by atoms with Crippen LogP contribution in [-0.2, 0) is 21.7 Å². The predicted molar refractivity (Wildman–Crippen MR) is 367 cm³/mol. The van der Waals surface area contributed by atoms with E-state index in [9.17, 15) is 0 Å². The van der Waals surface area contributed by atoms with E-state index < -0.39 is 0 Å². The molecular formula is C86H74. The van der Waals surface area contributed by atoms with Gasteiger partial charge >= 0.3 is 0 Å². The van der Waals surface area contributed by atoms with Crippen molar-refractivity contribution < 1.29 is 0 Å². The maximum Gasteiger partial charge on any atom is -0.000740 e. The molecule has 2 aliphatic carbocycles. The molecule has 2 aliphatic rings. The minimum Gasteiger partial charge on any atom is -0.0622 e. The second-order valence-electron chi connectivity index (χ2n) is 28.8. The van der Waals surface area contributed by atoms with Gasteiger partial charge in [-0.05, 0) is 220 Å². The zero-order chi connectivity index (χ0) is 59.3. The maximum atomic E-state index is 2.58. The summed E-state index contributed by atoms with van der Waals surface area (Å²) in [7, 11) is 0. The van der Waals surface area contributed by atoms with Crippen LogP contribution >= 0.6 is 0 Å². The van der Waals surface area contributed by atoms with E-state index in [4.69, 9.17) is 0 Å². The molecule has 0 nitrogen and oxygen atoms in total. The number of rotatable bonds is 6. The zero-order valence-corrected chi connectivity index (χ0v) is 51.9. The van der Waals surface area contributed by atoms with Crippen LogP contribution in [0.5, 0.6) is 0 Å². The van der Waals surface area contributed by atoms with Gasteiger partial charge in [0.15, 0.2) is 0 Å². The summed E-state index contributed by atoms with van der Waals surface area (Å²) in [6.45, 7) is 28.4. The van der Waals surface area contributed by atoms with Crippen LogP contribution in [0.3, 0.4) is 0 Å². The Labute approximate surface area is 506 Å². The molecule has 86 heavy (non-hydrogen) atoms. The molecule has 15 rings (SSSR count). The van der Waals surface area contributed by atoms with Crippen molar-refractivity contribution in [3.8, 4) is 66.8 Å². The van der Waals surface area contributed by atoms with Gasteiger partial charge in [-0.25, -0.2) is 0 Å². The van der Waals surface area contributed by atoms with Crippen molar-refractivity contribution in [3.05, 3.63) is 295 Å². The molecule has 0 aromatic heterocycles. The van der Waals surface area contributed by atoms with Crippen molar-refractivity contribution in [2.75, 3.05) is 0 Å². The van der Waals surface area contributed by atoms with E-state index >= 15 is 0 Å². The normalized spacial score (nSPS) is 12.9. The highest BCUT2D eigenvalue weighted by atomic mass is 14.3. The van der Waals surface area contributed by atoms with Crippen LogP contribution in [0.1, 0.15) is 105 Å². The molecule has 13 aromatic rings. The maximum absolute atomic E-state index is 2.58. The first-order valence-electron chi connectivity index (χ1n) is 31.1. The van der Waals surface area contributed by atoms with Gasteiger partial charge in [0.05, 0.1) is 0 Å². The van der Waals surface area contributed by atoms with Crippen molar-refractivity contribution in [1.82, 2.24) is 0 Å². The fourth-order valence-corrected chi connectivity index (χ4v) is 14.5. The first kappa shape index (κ1) is 53.6. The second-order valence-corrected chi connectivity index (χ2v) is 28.8. The van der Waals surface area contributed by atoms with Gasteiger partial charge < -0.3 is 0 Å². The fraction of sp³-hybridized carbons (Fsp3) is 0.186. The molecule has 0 spiro atoms. The summed E-state index contributed by atoms with van der Waals surface area (Å²) in [5.74, 6) is 0. The molecule has 13 aromatic carbocycles. The lowest BCUT2D eigenvalue weighted by Crippen LogP contribution is -2.17. The summed E-state index contributed by atoms with van der Waals surface area (Å²) in [5.41, 5.74) is 20.2. The SMILES string of the molecule is CC(C)(C)c1cc(-c2c3c(c(-c4cc(C(C)(C)C)cc(C(C)(C)C)c4)c4ccccc24)=c2ccc4c5c(ccc=3c25)=c2cc3c(-c5cccc(-c6ccccc6)c5)c5ccccc5c(-c5cccc(-c6ccccc6)c5)c3cc2=4)cc(C(C)(C)C)c1. The molecule has 0 fully saturated rings. The first-order chi connectivity index (χ1) is 41.2. The Bertz CT molecular complexity index is 5060. The van der Waals surface area contributed by atoms with Gasteiger partial charge in [-0.2, -0.15) is 0 Å². The number of benzene rings is 13. The summed E-state index contributed by atoms with van der Waals surface area (Å²) >= 11 is 0. The Morgan fingerprint density at radius 3 is 0.826 bits per heavy atom. The number of hydrogen-bond acceptors (Lipinski definition) is 0. The van der Waals surface area contributed by atoms with E-state index in [2.05, 4.69) is 314 Å². The summed E-state index contributed by atoms with van der Waals surface area (Å²) in [4.78, 5) is 0. The average molecular weight is 1110 g/mol. The van der Waals surface area contributed by atoms with Gasteiger partial charge in [0, 0.05) is 0 Å². The van der Waals surface area contributed by atoms with Crippen molar-refractivity contribution in [3.63, 3.8) is 0 Å². The van der Waals surface area contributed by atoms with Gasteiger partial charge in [0.25, 0.3) is 0 Å². The van der Waals surface area contributed by atoms with E-state index in [0.717, 1.165) is 0 Å². The summed E-state index contributed by atoms with van der Waals surface area (Å²) in [6, 6.07) is 88.9. The Morgan fingerprint density at radius 2 is 0.477 bits per heavy atom. The fourth-order valence-electron chi connectivity index (χ4n) is 14.5. The zero-order valence-electron chi connectivity index (χ0n) is 51.9. The van der Waals surface area contributed by atoms with Gasteiger partial charge in [-0.15, -0.1) is 0 Å². The van der Waals surface area contributed by atoms with E-state index in [1.807, 2.05) is 0 Å². The third-order valence-electron chi connectivity index (χ3n) is 19.1. The lowest BCUT2D eigenvalue weighted by Gasteiger charge is -2.28. The minimum atomic E-state index is -0.0620. The molecule has 0 heteroatoms. The largest absolute Gasteiger partial charge is 0.0622 e. The highest BCUT2D eigenvalue weighted by Gasteiger charge is 2.28. The Kier molecular flexibility index (Phi) is 12.0. The van der Waals surface area contributed by atoms with Crippen molar-refractivity contribution >= 4 is 43.1 Å². The van der Waals surface area contributed by atoms with Gasteiger partial charge in [0.2, 0.25) is 0 Å². The number of hydrogen-bond donors (Lipinski definition) is 0. The van der Waals surface area contributed by atoms with Gasteiger partial charge in [-0.1, -0.05) is 289 Å². The quantitative estimate of drug-likeness (QED) is 0.146. The molecule has 0 N–H and O–H groups in total. The summed E-state index contributed by atoms with van der Waals surface area (Å²) < 4.78 is 0. The van der Waals surface area contributed by atoms with E-state index in [-0.39, 0.29) is 21.7 Å². The monoisotopic (exact) mass is 1110 g/mol. The highest BCUT2D eigenvalue weighted by molar-refractivity contribution is 6.22. The molecule has 0 radical (unpaired) electrons. The molecule has 0 atom stereocenters. The third kappa shape index (κ3) is 8.54. The van der Waals surface area contributed by atoms with Gasteiger partial charge in [0.1, 0.15) is 0 Å². The summed E-state index contributed by atoms with van der Waals surface area (Å²) in [5, 5.41) is 20.8. The lowest BCUT2D eigenvalue weighted by atomic mass is 9.77. The minimum absolute atomic E-state index is 0.0620. The smallest absolute Gasteiger partial charge is 0.000740 e. The van der Waals surface area contributed by atoms with Crippen LogP contribution in [-0.4, -0.2) is 0 Å². The molecule has 0 saturated carbocycles. The standard InChI is InChI=1S/C86H74/c1-83(2,3)59-43-57(44-60(47-59)84(4,5)6)77-65-35-21-22-36-66(65)78(58-45-61(85(7,8)9)48-62(46-58)86(10,11)12)82-70-40-38-68-72-50-74-73(49-71(72)67-37-39-69(81(77)82)80(70)79(67)68)75(55-31-23-29-53(41-55)51-25-15-13-16-26-51)63-33-19-20-34-64(63)76(74)56-32-24-30-54(42-56)52-27-17-14-18-28-52/h13-50H,1-12H3. The van der Waals surface area contributed by atoms with Crippen LogP contribution in [0.2, 0.25) is 0 Å². The molecule has 0 saturated heterocycles. The Hall–Kier alpha value is -9.10. The predicted octanol–water partition coefficient (Wildman–Crippen LogP) is 23.3. The average Bonchev–Trinajstić information content (AvgIpc) is 1.50. The number of fused-ring (bicyclic) bond motifs is 5. The molecular weight excluding hydrogens is 1030 g/mol. The Morgan fingerprint density at radius 1 is 0.186 bits per heavy atom. The third-order valence-corrected chi connectivity index (χ3v) is 19.1. The molecule has 0 bridgehead atoms. The Balaban J connectivity index is 1.14. The van der Waals surface area contributed by atoms with Gasteiger partial charge in [-0.3, -0.25) is 0 Å². The van der Waals surface area contributed by atoms with Crippen molar-refractivity contribution in [2.24, 2.45) is 0 Å². The van der Waals surface area contributed by atoms with E-state index in [1.165, 1.54) is 174 Å². The van der Waals surface area contributed by atoms with Crippen molar-refractivity contribution in [2.45, 2.75) is 105 Å². The molecule has 418 valence electrons. The van der Waals surface area contributed by atoms with E-state index in [1.54, 1.807) is 0 Å². The van der Waals surface area contributed by atoms with Crippen LogP contribution in [0.4, 0.5) is 0 Å². The first-order valence-corrected chi connectivity index (χ1v) is 31.1. The van der Waals surface area contributed by atoms with Crippen LogP contribution in [0.15, 0.2) is 231 Å². The highest BCUT2D eigenvalue weighted by Crippen LogP contribution is 2.49. The summed E-state index contributed by atoms with van der Waals surface area (Å²) in [6.07, 6.45) is 0. The topological polar surface area (TPSA) is 0 Å². The second kappa shape index (κ2) is 19.2. The lowest BCUT2D eigenvalue weighted by molar-refractivity contribution is 0.568. The van der Waals surface area contributed by atoms with Crippen LogP contribution < -0.4 is 0 Å². The molecule has 0 unspecified atom stereocenters. The molecule has 0 heterocycles. The molecule has 0 amide bonds.